The maximum Gasteiger partial charge on any atom is 0.335 e. The molecule has 3 aromatic carbocycles. The molecular formula is C32H39N3O5. The van der Waals surface area contributed by atoms with Crippen LogP contribution >= 0.6 is 0 Å². The van der Waals surface area contributed by atoms with Crippen LogP contribution in [0.5, 0.6) is 0 Å². The van der Waals surface area contributed by atoms with Gasteiger partial charge < -0.3 is 20.8 Å². The first-order chi connectivity index (χ1) is 19.3. The van der Waals surface area contributed by atoms with Gasteiger partial charge >= 0.3 is 18.0 Å². The molecule has 0 aromatic heterocycles. The molecule has 0 aliphatic rings. The fraction of sp³-hybridized carbons (Fsp3) is 0.344. The summed E-state index contributed by atoms with van der Waals surface area (Å²) in [6.45, 7) is 3.15. The van der Waals surface area contributed by atoms with E-state index in [-0.39, 0.29) is 11.6 Å². The number of nitrogens with one attached hydrogen (secondary N) is 2. The summed E-state index contributed by atoms with van der Waals surface area (Å²) in [5.74, 6) is -1.96. The second-order valence-electron chi connectivity index (χ2n) is 9.93. The van der Waals surface area contributed by atoms with Crippen LogP contribution < -0.4 is 15.5 Å². The normalized spacial score (nSPS) is 11.6. The van der Waals surface area contributed by atoms with Gasteiger partial charge in [0.05, 0.1) is 5.56 Å². The third kappa shape index (κ3) is 9.24. The van der Waals surface area contributed by atoms with E-state index in [1.54, 1.807) is 24.1 Å². The van der Waals surface area contributed by atoms with Crippen LogP contribution in [0.1, 0.15) is 60.5 Å². The van der Waals surface area contributed by atoms with Gasteiger partial charge in [-0.15, -0.1) is 0 Å². The van der Waals surface area contributed by atoms with Gasteiger partial charge in [0.1, 0.15) is 6.04 Å². The molecule has 1 atom stereocenters. The minimum atomic E-state index is -1.00. The smallest absolute Gasteiger partial charge is 0.335 e. The minimum absolute atomic E-state index is 0.131. The molecule has 40 heavy (non-hydrogen) atoms. The number of hydrogen-bond donors (Lipinski definition) is 4. The number of carbonyl (C=O) groups is 3. The molecule has 0 radical (unpaired) electrons. The number of benzene rings is 3. The van der Waals surface area contributed by atoms with Crippen molar-refractivity contribution in [3.05, 3.63) is 89.5 Å². The molecule has 3 rings (SSSR count). The fourth-order valence-corrected chi connectivity index (χ4v) is 4.38. The number of hydrogen-bond acceptors (Lipinski definition) is 4. The molecule has 0 bridgehead atoms. The van der Waals surface area contributed by atoms with Crippen LogP contribution in [-0.4, -0.2) is 47.8 Å². The van der Waals surface area contributed by atoms with Crippen LogP contribution in [0.25, 0.3) is 11.1 Å². The number of anilines is 1. The van der Waals surface area contributed by atoms with E-state index >= 15 is 0 Å². The number of rotatable bonds is 15. The summed E-state index contributed by atoms with van der Waals surface area (Å²) >= 11 is 0. The molecule has 0 aliphatic heterocycles. The Labute approximate surface area is 236 Å². The highest BCUT2D eigenvalue weighted by atomic mass is 16.4. The zero-order chi connectivity index (χ0) is 28.9. The summed E-state index contributed by atoms with van der Waals surface area (Å²) in [5, 5.41) is 24.8. The molecule has 0 aliphatic carbocycles. The van der Waals surface area contributed by atoms with Crippen molar-refractivity contribution in [1.29, 1.82) is 0 Å². The molecule has 4 N–H and O–H groups in total. The Morgan fingerprint density at radius 3 is 2.15 bits per heavy atom. The molecule has 0 saturated heterocycles. The Hall–Kier alpha value is -4.17. The zero-order valence-corrected chi connectivity index (χ0v) is 23.2. The van der Waals surface area contributed by atoms with Crippen molar-refractivity contribution in [1.82, 2.24) is 10.6 Å². The summed E-state index contributed by atoms with van der Waals surface area (Å²) in [4.78, 5) is 37.1. The average molecular weight is 546 g/mol. The van der Waals surface area contributed by atoms with Gasteiger partial charge in [-0.2, -0.15) is 0 Å². The monoisotopic (exact) mass is 545 g/mol. The van der Waals surface area contributed by atoms with Gasteiger partial charge in [0, 0.05) is 25.8 Å². The Morgan fingerprint density at radius 1 is 0.825 bits per heavy atom. The van der Waals surface area contributed by atoms with Gasteiger partial charge in [-0.1, -0.05) is 81.1 Å². The number of aromatic carboxylic acids is 1. The second kappa shape index (κ2) is 15.4. The van der Waals surface area contributed by atoms with Gasteiger partial charge in [0.15, 0.2) is 0 Å². The summed E-state index contributed by atoms with van der Waals surface area (Å²) in [6.07, 6.45) is 6.01. The molecule has 0 fully saturated rings. The van der Waals surface area contributed by atoms with E-state index < -0.39 is 18.0 Å². The first kappa shape index (κ1) is 30.4. The topological polar surface area (TPSA) is 119 Å². The third-order valence-electron chi connectivity index (χ3n) is 6.87. The quantitative estimate of drug-likeness (QED) is 0.175. The minimum Gasteiger partial charge on any atom is -0.480 e. The van der Waals surface area contributed by atoms with Crippen LogP contribution in [-0.2, 0) is 17.8 Å². The number of nitrogens with zero attached hydrogens (tertiary/aromatic N) is 1. The van der Waals surface area contributed by atoms with Gasteiger partial charge in [-0.25, -0.2) is 9.59 Å². The first-order valence-electron chi connectivity index (χ1n) is 13.8. The lowest BCUT2D eigenvalue weighted by Gasteiger charge is -2.19. The Morgan fingerprint density at radius 2 is 1.50 bits per heavy atom. The molecular weight excluding hydrogens is 506 g/mol. The number of urea groups is 1. The standard InChI is InChI=1S/C32H39N3O5/c1-3-4-5-6-7-19-33-32(40)35(2)28-10-8-9-27(21-28)25-15-11-23(12-16-25)20-29(31(38)39)34-22-24-13-17-26(18-14-24)30(36)37/h8-18,21,29,34H,3-7,19-20,22H2,1-2H3,(H,33,40)(H,36,37)(H,38,39). The Balaban J connectivity index is 1.57. The maximum atomic E-state index is 12.6. The lowest BCUT2D eigenvalue weighted by Crippen LogP contribution is -2.38. The van der Waals surface area contributed by atoms with Crippen molar-refractivity contribution in [2.75, 3.05) is 18.5 Å². The van der Waals surface area contributed by atoms with E-state index in [0.29, 0.717) is 19.5 Å². The number of amides is 2. The third-order valence-corrected chi connectivity index (χ3v) is 6.87. The van der Waals surface area contributed by atoms with Crippen molar-refractivity contribution in [2.24, 2.45) is 0 Å². The molecule has 8 heteroatoms. The highest BCUT2D eigenvalue weighted by Gasteiger charge is 2.18. The van der Waals surface area contributed by atoms with Gasteiger partial charge in [-0.3, -0.25) is 9.69 Å². The van der Waals surface area contributed by atoms with E-state index in [2.05, 4.69) is 17.6 Å². The Bertz CT molecular complexity index is 1260. The number of aliphatic carboxylic acids is 1. The predicted octanol–water partition coefficient (Wildman–Crippen LogP) is 5.95. The van der Waals surface area contributed by atoms with E-state index in [1.807, 2.05) is 48.5 Å². The zero-order valence-electron chi connectivity index (χ0n) is 23.2. The molecule has 0 saturated carbocycles. The van der Waals surface area contributed by atoms with Crippen molar-refractivity contribution in [2.45, 2.75) is 58.0 Å². The highest BCUT2D eigenvalue weighted by Crippen LogP contribution is 2.25. The Kier molecular flexibility index (Phi) is 11.7. The van der Waals surface area contributed by atoms with Crippen LogP contribution in [0.15, 0.2) is 72.8 Å². The number of carboxylic acid groups (broad SMARTS) is 2. The van der Waals surface area contributed by atoms with E-state index in [9.17, 15) is 19.5 Å². The second-order valence-corrected chi connectivity index (χ2v) is 9.93. The summed E-state index contributed by atoms with van der Waals surface area (Å²) in [5.41, 5.74) is 4.58. The average Bonchev–Trinajstić information content (AvgIpc) is 2.97. The van der Waals surface area contributed by atoms with Gasteiger partial charge in [0.25, 0.3) is 0 Å². The van der Waals surface area contributed by atoms with Gasteiger partial charge in [0.2, 0.25) is 0 Å². The van der Waals surface area contributed by atoms with Crippen molar-refractivity contribution in [3.63, 3.8) is 0 Å². The van der Waals surface area contributed by atoms with Gasteiger partial charge in [-0.05, 0) is 59.4 Å². The number of carboxylic acids is 2. The largest absolute Gasteiger partial charge is 0.480 e. The molecule has 2 amide bonds. The lowest BCUT2D eigenvalue weighted by molar-refractivity contribution is -0.139. The predicted molar refractivity (Wildman–Crippen MR) is 158 cm³/mol. The molecule has 3 aromatic rings. The van der Waals surface area contributed by atoms with Crippen molar-refractivity contribution in [3.8, 4) is 11.1 Å². The van der Waals surface area contributed by atoms with Crippen molar-refractivity contribution < 1.29 is 24.6 Å². The highest BCUT2D eigenvalue weighted by molar-refractivity contribution is 5.92. The lowest BCUT2D eigenvalue weighted by atomic mass is 10.00. The SMILES string of the molecule is CCCCCCCNC(=O)N(C)c1cccc(-c2ccc(CC(NCc3ccc(C(=O)O)cc3)C(=O)O)cc2)c1. The molecule has 0 spiro atoms. The molecule has 1 unspecified atom stereocenters. The molecule has 212 valence electrons. The maximum absolute atomic E-state index is 12.6. The van der Waals surface area contributed by atoms with Crippen LogP contribution in [0.3, 0.4) is 0 Å². The number of unbranched alkanes of at least 4 members (excludes halogenated alkanes) is 4. The van der Waals surface area contributed by atoms with Crippen LogP contribution in [0.4, 0.5) is 10.5 Å². The number of carbonyl (C=O) groups excluding carboxylic acids is 1. The van der Waals surface area contributed by atoms with Crippen LogP contribution in [0.2, 0.25) is 0 Å². The van der Waals surface area contributed by atoms with Crippen LogP contribution in [0, 0.1) is 0 Å². The van der Waals surface area contributed by atoms with E-state index in [0.717, 1.165) is 40.8 Å². The van der Waals surface area contributed by atoms with Crippen molar-refractivity contribution >= 4 is 23.7 Å². The van der Waals surface area contributed by atoms with E-state index in [4.69, 9.17) is 5.11 Å². The summed E-state index contributed by atoms with van der Waals surface area (Å²) in [6, 6.07) is 20.9. The molecule has 8 nitrogen and oxygen atoms in total. The van der Waals surface area contributed by atoms with E-state index in [1.165, 1.54) is 31.4 Å². The molecule has 0 heterocycles. The summed E-state index contributed by atoms with van der Waals surface area (Å²) < 4.78 is 0. The summed E-state index contributed by atoms with van der Waals surface area (Å²) in [7, 11) is 1.76. The fourth-order valence-electron chi connectivity index (χ4n) is 4.38. The first-order valence-corrected chi connectivity index (χ1v) is 13.8.